The number of hydrogen-bond donors (Lipinski definition) is 3. The Morgan fingerprint density at radius 2 is 1.75 bits per heavy atom. The van der Waals surface area contributed by atoms with Crippen LogP contribution in [0.5, 0.6) is 0 Å². The van der Waals surface area contributed by atoms with Gasteiger partial charge in [-0.2, -0.15) is 0 Å². The van der Waals surface area contributed by atoms with E-state index in [1.54, 1.807) is 78.8 Å². The number of morpholine rings is 1. The molecule has 226 valence electrons. The van der Waals surface area contributed by atoms with Gasteiger partial charge in [0.05, 0.1) is 25.4 Å². The van der Waals surface area contributed by atoms with Crippen LogP contribution in [0.25, 0.3) is 11.1 Å². The Kier molecular flexibility index (Phi) is 7.98. The van der Waals surface area contributed by atoms with Crippen LogP contribution in [0.2, 0.25) is 0 Å². The van der Waals surface area contributed by atoms with Crippen LogP contribution in [0.3, 0.4) is 0 Å². The Morgan fingerprint density at radius 3 is 2.41 bits per heavy atom. The van der Waals surface area contributed by atoms with Crippen molar-refractivity contribution in [3.63, 3.8) is 0 Å². The predicted molar refractivity (Wildman–Crippen MR) is 164 cm³/mol. The number of alkyl halides is 1. The Labute approximate surface area is 253 Å². The highest BCUT2D eigenvalue weighted by Crippen LogP contribution is 2.49. The second kappa shape index (κ2) is 12.0. The van der Waals surface area contributed by atoms with E-state index in [1.165, 1.54) is 10.8 Å². The van der Waals surface area contributed by atoms with Gasteiger partial charge in [0.15, 0.2) is 0 Å². The minimum absolute atomic E-state index is 0.128. The maximum absolute atomic E-state index is 14.4. The number of pyridine rings is 2. The molecule has 0 spiro atoms. The zero-order valence-corrected chi connectivity index (χ0v) is 24.2. The standard InChI is InChI=1S/C33H32FN5O5/c1-38-19-23(17-28(32(38)43)36-29-10-7-22(18-35-29)31(42)39-13-15-44-16-14-39)25-3-2-4-27(26(25)20-40)37-30(41)21-5-8-24(9-6-21)33(34)11-12-33/h2-10,17-19,40H,11-16,20H2,1H3,(H,35,36)(H,37,41). The Bertz CT molecular complexity index is 1760. The first-order valence-electron chi connectivity index (χ1n) is 14.4. The third kappa shape index (κ3) is 5.97. The van der Waals surface area contributed by atoms with Crippen LogP contribution in [0.4, 0.5) is 21.6 Å². The summed E-state index contributed by atoms with van der Waals surface area (Å²) >= 11 is 0. The fourth-order valence-electron chi connectivity index (χ4n) is 5.29. The van der Waals surface area contributed by atoms with E-state index < -0.39 is 11.6 Å². The normalized spacial score (nSPS) is 15.5. The molecule has 4 aromatic rings. The number of hydrogen-bond acceptors (Lipinski definition) is 7. The predicted octanol–water partition coefficient (Wildman–Crippen LogP) is 4.37. The van der Waals surface area contributed by atoms with E-state index in [-0.39, 0.29) is 23.8 Å². The van der Waals surface area contributed by atoms with Crippen LogP contribution in [-0.4, -0.2) is 57.7 Å². The third-order valence-electron chi connectivity index (χ3n) is 8.00. The number of rotatable bonds is 8. The van der Waals surface area contributed by atoms with E-state index in [4.69, 9.17) is 4.74 Å². The molecule has 6 rings (SSSR count). The lowest BCUT2D eigenvalue weighted by molar-refractivity contribution is 0.0302. The highest BCUT2D eigenvalue weighted by molar-refractivity contribution is 6.05. The summed E-state index contributed by atoms with van der Waals surface area (Å²) in [5.74, 6) is -0.138. The fourth-order valence-corrected chi connectivity index (χ4v) is 5.29. The number of anilines is 3. The van der Waals surface area contributed by atoms with Crippen LogP contribution in [0, 0.1) is 0 Å². The van der Waals surface area contributed by atoms with Gasteiger partial charge in [-0.25, -0.2) is 9.37 Å². The van der Waals surface area contributed by atoms with Gasteiger partial charge >= 0.3 is 0 Å². The molecular formula is C33H32FN5O5. The van der Waals surface area contributed by atoms with E-state index >= 15 is 0 Å². The summed E-state index contributed by atoms with van der Waals surface area (Å²) in [5.41, 5.74) is 2.15. The first-order chi connectivity index (χ1) is 21.3. The minimum atomic E-state index is -1.28. The van der Waals surface area contributed by atoms with Crippen molar-refractivity contribution >= 4 is 29.0 Å². The Morgan fingerprint density at radius 1 is 1.02 bits per heavy atom. The number of aromatic nitrogens is 2. The number of amides is 2. The van der Waals surface area contributed by atoms with Crippen molar-refractivity contribution in [2.75, 3.05) is 36.9 Å². The van der Waals surface area contributed by atoms with Crippen molar-refractivity contribution in [3.8, 4) is 11.1 Å². The Hall–Kier alpha value is -4.87. The number of halogens is 1. The van der Waals surface area contributed by atoms with Crippen LogP contribution < -0.4 is 16.2 Å². The molecule has 1 aliphatic heterocycles. The van der Waals surface area contributed by atoms with Crippen molar-refractivity contribution in [1.29, 1.82) is 0 Å². The van der Waals surface area contributed by atoms with Gasteiger partial charge in [-0.1, -0.05) is 24.3 Å². The van der Waals surface area contributed by atoms with Crippen molar-refractivity contribution in [2.45, 2.75) is 25.1 Å². The first kappa shape index (κ1) is 29.2. The van der Waals surface area contributed by atoms with Gasteiger partial charge in [0.25, 0.3) is 17.4 Å². The molecule has 1 saturated carbocycles. The van der Waals surface area contributed by atoms with Gasteiger partial charge in [-0.05, 0) is 60.4 Å². The summed E-state index contributed by atoms with van der Waals surface area (Å²) in [7, 11) is 1.62. The zero-order chi connectivity index (χ0) is 30.8. The van der Waals surface area contributed by atoms with Crippen LogP contribution in [0.15, 0.2) is 77.9 Å². The largest absolute Gasteiger partial charge is 0.392 e. The summed E-state index contributed by atoms with van der Waals surface area (Å²) in [5, 5.41) is 16.2. The van der Waals surface area contributed by atoms with E-state index in [2.05, 4.69) is 15.6 Å². The number of carbonyl (C=O) groups excluding carboxylic acids is 2. The molecule has 0 unspecified atom stereocenters. The molecular weight excluding hydrogens is 565 g/mol. The second-order valence-corrected chi connectivity index (χ2v) is 11.0. The summed E-state index contributed by atoms with van der Waals surface area (Å²) in [6.07, 6.45) is 4.10. The SMILES string of the molecule is Cn1cc(-c2cccc(NC(=O)c3ccc(C4(F)CC4)cc3)c2CO)cc(Nc2ccc(C(=O)N3CCOCC3)cn2)c1=O. The van der Waals surface area contributed by atoms with E-state index in [0.717, 1.165) is 0 Å². The van der Waals surface area contributed by atoms with Gasteiger partial charge < -0.3 is 29.9 Å². The monoisotopic (exact) mass is 597 g/mol. The lowest BCUT2D eigenvalue weighted by Crippen LogP contribution is -2.40. The first-order valence-corrected chi connectivity index (χ1v) is 14.4. The van der Waals surface area contributed by atoms with Crippen molar-refractivity contribution in [1.82, 2.24) is 14.5 Å². The molecule has 2 aromatic heterocycles. The lowest BCUT2D eigenvalue weighted by Gasteiger charge is -2.26. The number of aliphatic hydroxyl groups is 1. The molecule has 2 aliphatic rings. The number of ether oxygens (including phenoxy) is 1. The fraction of sp³-hybridized carbons (Fsp3) is 0.273. The molecule has 1 aliphatic carbocycles. The minimum Gasteiger partial charge on any atom is -0.392 e. The van der Waals surface area contributed by atoms with Gasteiger partial charge in [-0.15, -0.1) is 0 Å². The molecule has 0 bridgehead atoms. The van der Waals surface area contributed by atoms with Crippen LogP contribution >= 0.6 is 0 Å². The summed E-state index contributed by atoms with van der Waals surface area (Å²) in [4.78, 5) is 44.9. The lowest BCUT2D eigenvalue weighted by atomic mass is 9.99. The highest BCUT2D eigenvalue weighted by atomic mass is 19.1. The van der Waals surface area contributed by atoms with Crippen molar-refractivity contribution < 1.29 is 23.8 Å². The number of nitrogens with zero attached hydrogens (tertiary/aromatic N) is 3. The van der Waals surface area contributed by atoms with Crippen molar-refractivity contribution in [3.05, 3.63) is 106 Å². The molecule has 3 heterocycles. The number of carbonyl (C=O) groups is 2. The number of nitrogens with one attached hydrogen (secondary N) is 2. The summed E-state index contributed by atoms with van der Waals surface area (Å²) in [6.45, 7) is 1.68. The number of aliphatic hydroxyl groups excluding tert-OH is 1. The summed E-state index contributed by atoms with van der Waals surface area (Å²) in [6, 6.07) is 16.6. The van der Waals surface area contributed by atoms with Crippen LogP contribution in [-0.2, 0) is 24.1 Å². The maximum Gasteiger partial charge on any atom is 0.274 e. The molecule has 2 amide bonds. The second-order valence-electron chi connectivity index (χ2n) is 11.0. The van der Waals surface area contributed by atoms with Crippen LogP contribution in [0.1, 0.15) is 44.7 Å². The molecule has 44 heavy (non-hydrogen) atoms. The molecule has 0 atom stereocenters. The van der Waals surface area contributed by atoms with E-state index in [1.807, 2.05) is 0 Å². The third-order valence-corrected chi connectivity index (χ3v) is 8.00. The topological polar surface area (TPSA) is 126 Å². The molecule has 10 nitrogen and oxygen atoms in total. The quantitative estimate of drug-likeness (QED) is 0.276. The zero-order valence-electron chi connectivity index (χ0n) is 24.2. The number of aryl methyl sites for hydroxylation is 1. The smallest absolute Gasteiger partial charge is 0.274 e. The van der Waals surface area contributed by atoms with E-state index in [0.29, 0.717) is 84.0 Å². The average molecular weight is 598 g/mol. The molecule has 3 N–H and O–H groups in total. The van der Waals surface area contributed by atoms with Gasteiger partial charge in [0, 0.05) is 54.9 Å². The summed E-state index contributed by atoms with van der Waals surface area (Å²) < 4.78 is 21.1. The average Bonchev–Trinajstić information content (AvgIpc) is 3.81. The van der Waals surface area contributed by atoms with Gasteiger partial charge in [0.1, 0.15) is 17.2 Å². The van der Waals surface area contributed by atoms with Crippen molar-refractivity contribution in [2.24, 2.45) is 7.05 Å². The molecule has 2 fully saturated rings. The Balaban J connectivity index is 1.23. The maximum atomic E-state index is 14.4. The van der Waals surface area contributed by atoms with Gasteiger partial charge in [-0.3, -0.25) is 14.4 Å². The van der Waals surface area contributed by atoms with Gasteiger partial charge in [0.2, 0.25) is 0 Å². The molecule has 1 saturated heterocycles. The molecule has 0 radical (unpaired) electrons. The molecule has 2 aromatic carbocycles. The number of benzene rings is 2. The highest BCUT2D eigenvalue weighted by Gasteiger charge is 2.44. The van der Waals surface area contributed by atoms with E-state index in [9.17, 15) is 23.9 Å². The molecule has 11 heteroatoms.